The maximum absolute atomic E-state index is 13.4. The second kappa shape index (κ2) is 5.43. The molecule has 0 unspecified atom stereocenters. The second-order valence-electron chi connectivity index (χ2n) is 4.59. The van der Waals surface area contributed by atoms with E-state index in [2.05, 4.69) is 5.32 Å². The van der Waals surface area contributed by atoms with Crippen LogP contribution in [0.2, 0.25) is 0 Å². The minimum atomic E-state index is -0.438. The van der Waals surface area contributed by atoms with Gasteiger partial charge in [-0.25, -0.2) is 8.78 Å². The number of hydrogen-bond acceptors (Lipinski definition) is 2. The van der Waals surface area contributed by atoms with Crippen molar-refractivity contribution in [2.24, 2.45) is 0 Å². The van der Waals surface area contributed by atoms with Crippen LogP contribution < -0.4 is 5.32 Å². The molecule has 3 aromatic rings. The van der Waals surface area contributed by atoms with Crippen LogP contribution in [0, 0.1) is 11.6 Å². The van der Waals surface area contributed by atoms with E-state index in [4.69, 9.17) is 4.42 Å². The van der Waals surface area contributed by atoms with E-state index in [9.17, 15) is 8.78 Å². The highest BCUT2D eigenvalue weighted by Gasteiger charge is 2.05. The highest BCUT2D eigenvalue weighted by atomic mass is 19.1. The third-order valence-corrected chi connectivity index (χ3v) is 3.10. The van der Waals surface area contributed by atoms with Crippen molar-refractivity contribution in [3.05, 3.63) is 71.5 Å². The fraction of sp³-hybridized carbons (Fsp3) is 0.125. The van der Waals surface area contributed by atoms with E-state index >= 15 is 0 Å². The topological polar surface area (TPSA) is 25.2 Å². The number of nitrogens with one attached hydrogen (secondary N) is 1. The number of hydrogen-bond donors (Lipinski definition) is 1. The Kier molecular flexibility index (Phi) is 3.48. The number of benzene rings is 2. The molecule has 3 rings (SSSR count). The molecule has 4 heteroatoms. The van der Waals surface area contributed by atoms with Gasteiger partial charge in [0.15, 0.2) is 0 Å². The highest BCUT2D eigenvalue weighted by Crippen LogP contribution is 2.18. The van der Waals surface area contributed by atoms with Crippen LogP contribution in [0.25, 0.3) is 11.0 Å². The molecule has 1 N–H and O–H groups in total. The molecule has 0 radical (unpaired) electrons. The number of rotatable bonds is 4. The fourth-order valence-corrected chi connectivity index (χ4v) is 2.12. The Balaban J connectivity index is 1.66. The zero-order valence-corrected chi connectivity index (χ0v) is 10.7. The maximum atomic E-state index is 13.4. The van der Waals surface area contributed by atoms with Crippen molar-refractivity contribution in [1.82, 2.24) is 5.32 Å². The van der Waals surface area contributed by atoms with Gasteiger partial charge in [0, 0.05) is 17.5 Å². The molecule has 1 aromatic heterocycles. The molecule has 0 atom stereocenters. The first-order valence-corrected chi connectivity index (χ1v) is 6.34. The van der Waals surface area contributed by atoms with E-state index in [1.54, 1.807) is 0 Å². The van der Waals surface area contributed by atoms with Crippen molar-refractivity contribution in [3.8, 4) is 0 Å². The van der Waals surface area contributed by atoms with Gasteiger partial charge in [-0.05, 0) is 30.3 Å². The Labute approximate surface area is 115 Å². The number of halogens is 2. The van der Waals surface area contributed by atoms with E-state index in [-0.39, 0.29) is 6.54 Å². The van der Waals surface area contributed by atoms with E-state index in [0.717, 1.165) is 28.9 Å². The summed E-state index contributed by atoms with van der Waals surface area (Å²) in [4.78, 5) is 0. The molecule has 20 heavy (non-hydrogen) atoms. The quantitative estimate of drug-likeness (QED) is 0.777. The van der Waals surface area contributed by atoms with Gasteiger partial charge in [-0.15, -0.1) is 0 Å². The van der Waals surface area contributed by atoms with Gasteiger partial charge in [0.1, 0.15) is 23.0 Å². The van der Waals surface area contributed by atoms with Crippen LogP contribution in [-0.4, -0.2) is 0 Å². The molecular weight excluding hydrogens is 260 g/mol. The largest absolute Gasteiger partial charge is 0.460 e. The predicted molar refractivity (Wildman–Crippen MR) is 73.1 cm³/mol. The van der Waals surface area contributed by atoms with Gasteiger partial charge in [0.25, 0.3) is 0 Å². The average molecular weight is 273 g/mol. The molecule has 0 spiro atoms. The van der Waals surface area contributed by atoms with E-state index in [0.29, 0.717) is 12.1 Å². The Hall–Kier alpha value is -2.20. The first-order valence-electron chi connectivity index (χ1n) is 6.34. The highest BCUT2D eigenvalue weighted by molar-refractivity contribution is 5.77. The molecule has 0 fully saturated rings. The third-order valence-electron chi connectivity index (χ3n) is 3.10. The van der Waals surface area contributed by atoms with Crippen LogP contribution in [0.5, 0.6) is 0 Å². The zero-order chi connectivity index (χ0) is 13.9. The van der Waals surface area contributed by atoms with Gasteiger partial charge in [-0.1, -0.05) is 18.2 Å². The zero-order valence-electron chi connectivity index (χ0n) is 10.7. The van der Waals surface area contributed by atoms with Crippen molar-refractivity contribution in [2.75, 3.05) is 0 Å². The molecule has 1 heterocycles. The molecule has 2 aromatic carbocycles. The summed E-state index contributed by atoms with van der Waals surface area (Å²) in [6.45, 7) is 0.714. The summed E-state index contributed by atoms with van der Waals surface area (Å²) in [5.41, 5.74) is 1.13. The van der Waals surface area contributed by atoms with Gasteiger partial charge in [-0.3, -0.25) is 0 Å². The van der Waals surface area contributed by atoms with E-state index < -0.39 is 11.6 Å². The minimum absolute atomic E-state index is 0.251. The molecule has 102 valence electrons. The first kappa shape index (κ1) is 12.8. The molecule has 0 aliphatic rings. The summed E-state index contributed by atoms with van der Waals surface area (Å²) in [5, 5.41) is 4.08. The maximum Gasteiger partial charge on any atom is 0.134 e. The molecule has 0 amide bonds. The van der Waals surface area contributed by atoms with Crippen LogP contribution in [0.15, 0.2) is 52.9 Å². The van der Waals surface area contributed by atoms with Gasteiger partial charge in [0.05, 0.1) is 6.54 Å². The SMILES string of the molecule is Fc1ccc(F)c(CNCc2cc3ccccc3o2)c1. The van der Waals surface area contributed by atoms with Crippen molar-refractivity contribution in [1.29, 1.82) is 0 Å². The minimum Gasteiger partial charge on any atom is -0.460 e. The molecule has 0 aliphatic heterocycles. The number of furan rings is 1. The lowest BCUT2D eigenvalue weighted by atomic mass is 10.2. The first-order chi connectivity index (χ1) is 9.72. The van der Waals surface area contributed by atoms with Crippen LogP contribution in [0.3, 0.4) is 0 Å². The molecular formula is C16H13F2NO. The molecule has 0 saturated heterocycles. The van der Waals surface area contributed by atoms with Crippen molar-refractivity contribution in [2.45, 2.75) is 13.1 Å². The smallest absolute Gasteiger partial charge is 0.134 e. The Bertz CT molecular complexity index is 703. The number of para-hydroxylation sites is 1. The summed E-state index contributed by atoms with van der Waals surface area (Å²) in [6.07, 6.45) is 0. The van der Waals surface area contributed by atoms with Gasteiger partial charge < -0.3 is 9.73 Å². The third kappa shape index (κ3) is 2.70. The average Bonchev–Trinajstić information content (AvgIpc) is 2.85. The summed E-state index contributed by atoms with van der Waals surface area (Å²) in [5.74, 6) is -0.0848. The standard InChI is InChI=1S/C16H13F2NO/c17-13-5-6-15(18)12(7-13)9-19-10-14-8-11-3-1-2-4-16(11)20-14/h1-8,19H,9-10H2. The Morgan fingerprint density at radius 2 is 1.80 bits per heavy atom. The van der Waals surface area contributed by atoms with E-state index in [1.807, 2.05) is 30.3 Å². The van der Waals surface area contributed by atoms with Crippen LogP contribution in [0.1, 0.15) is 11.3 Å². The van der Waals surface area contributed by atoms with Gasteiger partial charge in [0.2, 0.25) is 0 Å². The van der Waals surface area contributed by atoms with Gasteiger partial charge in [-0.2, -0.15) is 0 Å². The van der Waals surface area contributed by atoms with Crippen molar-refractivity contribution < 1.29 is 13.2 Å². The Morgan fingerprint density at radius 1 is 0.950 bits per heavy atom. The summed E-state index contributed by atoms with van der Waals surface area (Å²) in [6, 6.07) is 13.1. The van der Waals surface area contributed by atoms with E-state index in [1.165, 1.54) is 6.07 Å². The van der Waals surface area contributed by atoms with Crippen molar-refractivity contribution in [3.63, 3.8) is 0 Å². The normalized spacial score (nSPS) is 11.1. The van der Waals surface area contributed by atoms with Crippen molar-refractivity contribution >= 4 is 11.0 Å². The lowest BCUT2D eigenvalue weighted by Crippen LogP contribution is -2.13. The molecule has 0 saturated carbocycles. The lowest BCUT2D eigenvalue weighted by molar-refractivity contribution is 0.505. The fourth-order valence-electron chi connectivity index (χ4n) is 2.12. The predicted octanol–water partition coefficient (Wildman–Crippen LogP) is 4.00. The monoisotopic (exact) mass is 273 g/mol. The van der Waals surface area contributed by atoms with Gasteiger partial charge >= 0.3 is 0 Å². The summed E-state index contributed by atoms with van der Waals surface area (Å²) >= 11 is 0. The lowest BCUT2D eigenvalue weighted by Gasteiger charge is -2.04. The summed E-state index contributed by atoms with van der Waals surface area (Å²) < 4.78 is 32.1. The second-order valence-corrected chi connectivity index (χ2v) is 4.59. The molecule has 0 bridgehead atoms. The van der Waals surface area contributed by atoms with Crippen LogP contribution >= 0.6 is 0 Å². The molecule has 2 nitrogen and oxygen atoms in total. The Morgan fingerprint density at radius 3 is 2.65 bits per heavy atom. The van der Waals surface area contributed by atoms with Crippen LogP contribution in [0.4, 0.5) is 8.78 Å². The van der Waals surface area contributed by atoms with Crippen LogP contribution in [-0.2, 0) is 13.1 Å². The summed E-state index contributed by atoms with van der Waals surface area (Å²) in [7, 11) is 0. The molecule has 0 aliphatic carbocycles. The number of fused-ring (bicyclic) bond motifs is 1.